The van der Waals surface area contributed by atoms with E-state index in [1.54, 1.807) is 0 Å². The van der Waals surface area contributed by atoms with Gasteiger partial charge in [-0.25, -0.2) is 0 Å². The Labute approximate surface area is 174 Å². The van der Waals surface area contributed by atoms with Crippen LogP contribution in [0.4, 0.5) is 4.39 Å². The maximum atomic E-state index is 14.5. The Kier molecular flexibility index (Phi) is 4.77. The number of alkyl halides is 1. The van der Waals surface area contributed by atoms with Crippen LogP contribution in [0.5, 0.6) is 0 Å². The second-order valence-corrected chi connectivity index (χ2v) is 11.0. The van der Waals surface area contributed by atoms with Crippen LogP contribution >= 0.6 is 0 Å². The highest BCUT2D eigenvalue weighted by Crippen LogP contribution is 2.70. The second kappa shape index (κ2) is 7.08. The molecule has 5 aliphatic carbocycles. The molecule has 5 fully saturated rings. The highest BCUT2D eigenvalue weighted by atomic mass is 19.1. The van der Waals surface area contributed by atoms with Crippen LogP contribution in [-0.4, -0.2) is 25.2 Å². The number of hydrogen-bond acceptors (Lipinski definition) is 2. The van der Waals surface area contributed by atoms with Crippen molar-refractivity contribution in [1.82, 2.24) is 5.32 Å². The molecule has 1 aromatic carbocycles. The summed E-state index contributed by atoms with van der Waals surface area (Å²) in [6, 6.07) is 10.9. The number of hydrogen-bond donors (Lipinski definition) is 2. The molecule has 1 aromatic rings. The van der Waals surface area contributed by atoms with Crippen molar-refractivity contribution < 1.29 is 9.18 Å². The summed E-state index contributed by atoms with van der Waals surface area (Å²) in [7, 11) is 0. The average molecular weight is 399 g/mol. The van der Waals surface area contributed by atoms with Gasteiger partial charge in [-0.1, -0.05) is 30.3 Å². The van der Waals surface area contributed by atoms with E-state index in [1.807, 2.05) is 0 Å². The normalized spacial score (nSPS) is 43.3. The van der Waals surface area contributed by atoms with E-state index >= 15 is 0 Å². The van der Waals surface area contributed by atoms with E-state index in [0.29, 0.717) is 11.8 Å². The van der Waals surface area contributed by atoms with Crippen LogP contribution in [-0.2, 0) is 10.2 Å². The molecular weight excluding hydrogens is 363 g/mol. The van der Waals surface area contributed by atoms with E-state index in [4.69, 9.17) is 5.73 Å². The van der Waals surface area contributed by atoms with Crippen LogP contribution in [0.1, 0.15) is 69.8 Å². The van der Waals surface area contributed by atoms with Gasteiger partial charge < -0.3 is 11.1 Å². The summed E-state index contributed by atoms with van der Waals surface area (Å²) >= 11 is 0. The van der Waals surface area contributed by atoms with Crippen molar-refractivity contribution in [3.05, 3.63) is 35.9 Å². The summed E-state index contributed by atoms with van der Waals surface area (Å²) < 4.78 is 14.5. The summed E-state index contributed by atoms with van der Waals surface area (Å²) in [5.41, 5.74) is 6.44. The molecular formula is C25H35FN2O. The number of carbonyl (C=O) groups is 1. The van der Waals surface area contributed by atoms with E-state index in [-0.39, 0.29) is 34.9 Å². The quantitative estimate of drug-likeness (QED) is 0.767. The number of amides is 1. The van der Waals surface area contributed by atoms with Gasteiger partial charge in [0.15, 0.2) is 0 Å². The van der Waals surface area contributed by atoms with E-state index in [0.717, 1.165) is 70.8 Å². The Morgan fingerprint density at radius 2 is 1.79 bits per heavy atom. The van der Waals surface area contributed by atoms with Crippen LogP contribution in [0.3, 0.4) is 0 Å². The predicted molar refractivity (Wildman–Crippen MR) is 113 cm³/mol. The smallest absolute Gasteiger partial charge is 0.226 e. The van der Waals surface area contributed by atoms with Crippen LogP contribution in [0.25, 0.3) is 0 Å². The Hall–Kier alpha value is -1.42. The molecule has 0 heterocycles. The summed E-state index contributed by atoms with van der Waals surface area (Å²) in [4.78, 5) is 13.7. The molecule has 4 heteroatoms. The van der Waals surface area contributed by atoms with Crippen LogP contribution in [0.15, 0.2) is 30.3 Å². The van der Waals surface area contributed by atoms with Gasteiger partial charge in [0.2, 0.25) is 5.91 Å². The molecule has 4 bridgehead atoms. The molecule has 4 atom stereocenters. The molecule has 0 radical (unpaired) electrons. The summed E-state index contributed by atoms with van der Waals surface area (Å²) in [5.74, 6) is 1.30. The first-order valence-corrected chi connectivity index (χ1v) is 11.6. The molecule has 1 unspecified atom stereocenters. The monoisotopic (exact) mass is 398 g/mol. The van der Waals surface area contributed by atoms with Crippen molar-refractivity contribution >= 4 is 5.91 Å². The van der Waals surface area contributed by atoms with Gasteiger partial charge in [-0.15, -0.1) is 0 Å². The second-order valence-electron chi connectivity index (χ2n) is 11.0. The molecule has 5 saturated carbocycles. The fourth-order valence-corrected chi connectivity index (χ4v) is 8.03. The molecule has 0 spiro atoms. The van der Waals surface area contributed by atoms with Gasteiger partial charge in [0.25, 0.3) is 0 Å². The first kappa shape index (κ1) is 19.5. The molecule has 5 aliphatic rings. The van der Waals surface area contributed by atoms with Gasteiger partial charge in [-0.2, -0.15) is 0 Å². The SMILES string of the molecule is NC[C@H]1CC[C@H](NC(=O)[C@]23CC4C[C@@](CF)(C2)C[C@](c2ccccc2)(C4)C3)CC1. The zero-order chi connectivity index (χ0) is 20.1. The fraction of sp³-hybridized carbons (Fsp3) is 0.720. The maximum absolute atomic E-state index is 14.5. The Morgan fingerprint density at radius 3 is 2.48 bits per heavy atom. The van der Waals surface area contributed by atoms with Gasteiger partial charge in [0, 0.05) is 11.5 Å². The van der Waals surface area contributed by atoms with Crippen molar-refractivity contribution in [1.29, 1.82) is 0 Å². The van der Waals surface area contributed by atoms with Crippen LogP contribution in [0.2, 0.25) is 0 Å². The Balaban J connectivity index is 1.41. The third-order valence-electron chi connectivity index (χ3n) is 8.85. The first-order chi connectivity index (χ1) is 14.0. The highest BCUT2D eigenvalue weighted by Gasteiger charge is 2.66. The molecule has 1 amide bonds. The lowest BCUT2D eigenvalue weighted by Crippen LogP contribution is -2.64. The lowest BCUT2D eigenvalue weighted by molar-refractivity contribution is -0.166. The lowest BCUT2D eigenvalue weighted by Gasteiger charge is -2.65. The number of rotatable bonds is 5. The Bertz CT molecular complexity index is 761. The van der Waals surface area contributed by atoms with Gasteiger partial charge >= 0.3 is 0 Å². The van der Waals surface area contributed by atoms with Gasteiger partial charge in [-0.05, 0) is 93.6 Å². The Morgan fingerprint density at radius 1 is 1.03 bits per heavy atom. The molecule has 0 aromatic heterocycles. The molecule has 29 heavy (non-hydrogen) atoms. The summed E-state index contributed by atoms with van der Waals surface area (Å²) in [6.45, 7) is 0.472. The lowest BCUT2D eigenvalue weighted by atomic mass is 9.38. The number of nitrogens with two attached hydrogens (primary N) is 1. The van der Waals surface area contributed by atoms with E-state index < -0.39 is 0 Å². The minimum Gasteiger partial charge on any atom is -0.353 e. The maximum Gasteiger partial charge on any atom is 0.226 e. The van der Waals surface area contributed by atoms with Crippen molar-refractivity contribution in [2.45, 2.75) is 75.7 Å². The molecule has 3 N–H and O–H groups in total. The van der Waals surface area contributed by atoms with Crippen molar-refractivity contribution in [3.8, 4) is 0 Å². The molecule has 158 valence electrons. The van der Waals surface area contributed by atoms with Gasteiger partial charge in [0.1, 0.15) is 0 Å². The van der Waals surface area contributed by atoms with Crippen molar-refractivity contribution in [2.75, 3.05) is 13.2 Å². The number of nitrogens with one attached hydrogen (secondary N) is 1. The van der Waals surface area contributed by atoms with E-state index in [9.17, 15) is 9.18 Å². The summed E-state index contributed by atoms with van der Waals surface area (Å²) in [6.07, 6.45) is 9.87. The van der Waals surface area contributed by atoms with E-state index in [1.165, 1.54) is 5.56 Å². The number of benzene rings is 1. The van der Waals surface area contributed by atoms with E-state index in [2.05, 4.69) is 35.6 Å². The zero-order valence-corrected chi connectivity index (χ0v) is 17.5. The minimum atomic E-state index is -0.383. The molecule has 0 saturated heterocycles. The topological polar surface area (TPSA) is 55.1 Å². The zero-order valence-electron chi connectivity index (χ0n) is 17.5. The van der Waals surface area contributed by atoms with Gasteiger partial charge in [-0.3, -0.25) is 9.18 Å². The van der Waals surface area contributed by atoms with Crippen molar-refractivity contribution in [2.24, 2.45) is 28.4 Å². The molecule has 6 rings (SSSR count). The summed E-state index contributed by atoms with van der Waals surface area (Å²) in [5, 5.41) is 3.43. The number of halogens is 1. The van der Waals surface area contributed by atoms with Crippen molar-refractivity contribution in [3.63, 3.8) is 0 Å². The first-order valence-electron chi connectivity index (χ1n) is 11.6. The average Bonchev–Trinajstić information content (AvgIpc) is 2.74. The molecule has 0 aliphatic heterocycles. The fourth-order valence-electron chi connectivity index (χ4n) is 8.03. The largest absolute Gasteiger partial charge is 0.353 e. The standard InChI is InChI=1S/C25H35FN2O/c26-17-23-10-19-11-24(14-23,20-4-2-1-3-5-20)16-25(12-19,15-23)22(29)28-21-8-6-18(13-27)7-9-21/h1-5,18-19,21H,6-17,27H2,(H,28,29)/t18-,19?,21-,23-,24+,25+/m0/s1. The minimum absolute atomic E-state index is 0.0265. The number of carbonyl (C=O) groups excluding carboxylic acids is 1. The van der Waals surface area contributed by atoms with Crippen LogP contribution in [0, 0.1) is 22.7 Å². The third kappa shape index (κ3) is 3.22. The van der Waals surface area contributed by atoms with Gasteiger partial charge in [0.05, 0.1) is 12.1 Å². The predicted octanol–water partition coefficient (Wildman–Crippen LogP) is 4.50. The molecule has 3 nitrogen and oxygen atoms in total. The van der Waals surface area contributed by atoms with Crippen LogP contribution < -0.4 is 11.1 Å². The highest BCUT2D eigenvalue weighted by molar-refractivity contribution is 5.84. The third-order valence-corrected chi connectivity index (χ3v) is 8.85.